The van der Waals surface area contributed by atoms with Crippen LogP contribution in [0.15, 0.2) is 78.6 Å². The summed E-state index contributed by atoms with van der Waals surface area (Å²) in [6.45, 7) is 4.36. The molecule has 156 valence electrons. The molecule has 1 amide bonds. The zero-order valence-electron chi connectivity index (χ0n) is 17.3. The largest absolute Gasteiger partial charge is 0.507 e. The van der Waals surface area contributed by atoms with E-state index in [1.165, 1.54) is 11.1 Å². The second kappa shape index (κ2) is 8.44. The number of carbonyl (C=O) groups excluding carboxylic acids is 2. The number of ketones is 1. The molecule has 1 saturated heterocycles. The highest BCUT2D eigenvalue weighted by Gasteiger charge is 2.47. The van der Waals surface area contributed by atoms with Crippen LogP contribution in [0.3, 0.4) is 0 Å². The van der Waals surface area contributed by atoms with Crippen molar-refractivity contribution in [3.05, 3.63) is 95.3 Å². The number of aliphatic hydroxyl groups excluding tert-OH is 1. The Morgan fingerprint density at radius 1 is 1.06 bits per heavy atom. The van der Waals surface area contributed by atoms with Gasteiger partial charge in [0, 0.05) is 11.8 Å². The molecular weight excluding hydrogens is 392 g/mol. The predicted molar refractivity (Wildman–Crippen MR) is 118 cm³/mol. The molecule has 1 unspecified atom stereocenters. The Labute approximate surface area is 180 Å². The first-order valence-electron chi connectivity index (χ1n) is 10.0. The second-order valence-corrected chi connectivity index (χ2v) is 7.25. The molecular formula is C25H22N2O4. The van der Waals surface area contributed by atoms with E-state index in [1.54, 1.807) is 54.7 Å². The van der Waals surface area contributed by atoms with Gasteiger partial charge in [0.15, 0.2) is 0 Å². The molecule has 1 aliphatic rings. The molecule has 0 bridgehead atoms. The number of anilines is 1. The molecule has 0 aliphatic carbocycles. The summed E-state index contributed by atoms with van der Waals surface area (Å²) in [5.41, 5.74) is 2.70. The minimum absolute atomic E-state index is 0.0434. The van der Waals surface area contributed by atoms with Crippen molar-refractivity contribution in [2.45, 2.75) is 19.9 Å². The summed E-state index contributed by atoms with van der Waals surface area (Å²) in [6, 6.07) is 16.9. The van der Waals surface area contributed by atoms with Crippen LogP contribution < -0.4 is 9.64 Å². The van der Waals surface area contributed by atoms with Crippen LogP contribution in [-0.2, 0) is 9.59 Å². The number of carbonyl (C=O) groups is 2. The fourth-order valence-corrected chi connectivity index (χ4v) is 3.69. The average Bonchev–Trinajstić information content (AvgIpc) is 3.06. The van der Waals surface area contributed by atoms with Crippen LogP contribution in [0.4, 0.5) is 5.69 Å². The van der Waals surface area contributed by atoms with Crippen LogP contribution in [-0.4, -0.2) is 28.4 Å². The lowest BCUT2D eigenvalue weighted by Gasteiger charge is -2.25. The Morgan fingerprint density at radius 2 is 1.77 bits per heavy atom. The van der Waals surface area contributed by atoms with Gasteiger partial charge in [0.2, 0.25) is 0 Å². The van der Waals surface area contributed by atoms with E-state index >= 15 is 0 Å². The van der Waals surface area contributed by atoms with Gasteiger partial charge in [-0.25, -0.2) is 0 Å². The third kappa shape index (κ3) is 3.80. The van der Waals surface area contributed by atoms with Crippen LogP contribution in [0.25, 0.3) is 5.76 Å². The number of hydrogen-bond donors (Lipinski definition) is 1. The van der Waals surface area contributed by atoms with Gasteiger partial charge in [-0.3, -0.25) is 19.5 Å². The van der Waals surface area contributed by atoms with Crippen molar-refractivity contribution in [1.29, 1.82) is 0 Å². The van der Waals surface area contributed by atoms with E-state index in [0.29, 0.717) is 29.2 Å². The number of rotatable bonds is 5. The van der Waals surface area contributed by atoms with Crippen LogP contribution in [0.2, 0.25) is 0 Å². The summed E-state index contributed by atoms with van der Waals surface area (Å²) in [6.07, 6.45) is 3.12. The third-order valence-electron chi connectivity index (χ3n) is 5.20. The third-order valence-corrected chi connectivity index (χ3v) is 5.20. The number of aromatic nitrogens is 1. The maximum atomic E-state index is 13.1. The number of benzene rings is 2. The van der Waals surface area contributed by atoms with Crippen molar-refractivity contribution in [1.82, 2.24) is 4.98 Å². The molecule has 6 nitrogen and oxygen atoms in total. The number of aliphatic hydroxyl groups is 1. The predicted octanol–water partition coefficient (Wildman–Crippen LogP) is 4.42. The smallest absolute Gasteiger partial charge is 0.300 e. The monoisotopic (exact) mass is 414 g/mol. The van der Waals surface area contributed by atoms with Crippen LogP contribution in [0.1, 0.15) is 29.7 Å². The normalized spacial score (nSPS) is 17.7. The first-order chi connectivity index (χ1) is 15.0. The van der Waals surface area contributed by atoms with Crippen LogP contribution in [0, 0.1) is 6.92 Å². The van der Waals surface area contributed by atoms with Crippen LogP contribution >= 0.6 is 0 Å². The Kier molecular flexibility index (Phi) is 5.54. The first-order valence-corrected chi connectivity index (χ1v) is 10.0. The molecule has 0 radical (unpaired) electrons. The van der Waals surface area contributed by atoms with E-state index in [0.717, 1.165) is 5.56 Å². The number of amides is 1. The Bertz CT molecular complexity index is 1140. The maximum absolute atomic E-state index is 13.1. The molecule has 4 rings (SSSR count). The molecule has 3 aromatic rings. The first kappa shape index (κ1) is 20.3. The van der Waals surface area contributed by atoms with E-state index in [2.05, 4.69) is 4.98 Å². The number of ether oxygens (including phenoxy) is 1. The van der Waals surface area contributed by atoms with Crippen LogP contribution in [0.5, 0.6) is 5.75 Å². The molecule has 2 heterocycles. The number of Topliss-reactive ketones (excluding diaryl/α,β-unsaturated/α-hetero) is 1. The van der Waals surface area contributed by atoms with Gasteiger partial charge in [-0.15, -0.1) is 0 Å². The minimum atomic E-state index is -0.791. The van der Waals surface area contributed by atoms with Crippen molar-refractivity contribution in [3.8, 4) is 5.75 Å². The number of nitrogens with zero attached hydrogens (tertiary/aromatic N) is 2. The van der Waals surface area contributed by atoms with Gasteiger partial charge in [0.25, 0.3) is 11.7 Å². The van der Waals surface area contributed by atoms with E-state index < -0.39 is 17.7 Å². The molecule has 1 fully saturated rings. The number of aryl methyl sites for hydroxylation is 1. The van der Waals surface area contributed by atoms with Crippen molar-refractivity contribution in [3.63, 3.8) is 0 Å². The fraction of sp³-hybridized carbons (Fsp3) is 0.160. The average molecular weight is 414 g/mol. The van der Waals surface area contributed by atoms with Gasteiger partial charge in [0.05, 0.1) is 30.1 Å². The topological polar surface area (TPSA) is 79.7 Å². The lowest BCUT2D eigenvalue weighted by atomic mass is 9.95. The summed E-state index contributed by atoms with van der Waals surface area (Å²) in [4.78, 5) is 31.6. The highest BCUT2D eigenvalue weighted by atomic mass is 16.5. The standard InChI is InChI=1S/C25H22N2O4/c1-3-31-20-12-10-17(11-13-20)22-21(23(28)18-8-6-16(2)7-9-18)24(29)25(30)27(22)19-5-4-14-26-15-19/h4-15,22,28H,3H2,1-2H3/b23-21-. The van der Waals surface area contributed by atoms with Crippen molar-refractivity contribution < 1.29 is 19.4 Å². The Hall–Kier alpha value is -3.93. The summed E-state index contributed by atoms with van der Waals surface area (Å²) in [7, 11) is 0. The van der Waals surface area contributed by atoms with E-state index in [4.69, 9.17) is 4.74 Å². The van der Waals surface area contributed by atoms with Gasteiger partial charge in [-0.1, -0.05) is 42.0 Å². The lowest BCUT2D eigenvalue weighted by Crippen LogP contribution is -2.29. The number of pyridine rings is 1. The summed E-state index contributed by atoms with van der Waals surface area (Å²) < 4.78 is 5.51. The van der Waals surface area contributed by atoms with Gasteiger partial charge in [0.1, 0.15) is 11.5 Å². The molecule has 0 spiro atoms. The van der Waals surface area contributed by atoms with Crippen molar-refractivity contribution >= 4 is 23.1 Å². The zero-order chi connectivity index (χ0) is 22.0. The fourth-order valence-electron chi connectivity index (χ4n) is 3.69. The molecule has 0 saturated carbocycles. The SMILES string of the molecule is CCOc1ccc(C2/C(=C(/O)c3ccc(C)cc3)C(=O)C(=O)N2c2cccnc2)cc1. The van der Waals surface area contributed by atoms with E-state index in [9.17, 15) is 14.7 Å². The lowest BCUT2D eigenvalue weighted by molar-refractivity contribution is -0.132. The molecule has 6 heteroatoms. The molecule has 2 aromatic carbocycles. The zero-order valence-corrected chi connectivity index (χ0v) is 17.3. The Morgan fingerprint density at radius 3 is 2.39 bits per heavy atom. The number of hydrogen-bond acceptors (Lipinski definition) is 5. The highest BCUT2D eigenvalue weighted by Crippen LogP contribution is 2.42. The van der Waals surface area contributed by atoms with Crippen molar-refractivity contribution in [2.75, 3.05) is 11.5 Å². The Balaban J connectivity index is 1.89. The molecule has 31 heavy (non-hydrogen) atoms. The molecule has 1 atom stereocenters. The van der Waals surface area contributed by atoms with Crippen molar-refractivity contribution in [2.24, 2.45) is 0 Å². The second-order valence-electron chi connectivity index (χ2n) is 7.25. The van der Waals surface area contributed by atoms with Gasteiger partial charge in [-0.05, 0) is 43.7 Å². The van der Waals surface area contributed by atoms with Gasteiger partial charge >= 0.3 is 0 Å². The van der Waals surface area contributed by atoms with Gasteiger partial charge < -0.3 is 9.84 Å². The minimum Gasteiger partial charge on any atom is -0.507 e. The van der Waals surface area contributed by atoms with E-state index in [-0.39, 0.29) is 11.3 Å². The van der Waals surface area contributed by atoms with E-state index in [1.807, 2.05) is 26.0 Å². The summed E-state index contributed by atoms with van der Waals surface area (Å²) >= 11 is 0. The van der Waals surface area contributed by atoms with Gasteiger partial charge in [-0.2, -0.15) is 0 Å². The summed E-state index contributed by atoms with van der Waals surface area (Å²) in [5, 5.41) is 11.1. The highest BCUT2D eigenvalue weighted by molar-refractivity contribution is 6.51. The molecule has 1 N–H and O–H groups in total. The quantitative estimate of drug-likeness (QED) is 0.380. The molecule has 1 aliphatic heterocycles. The maximum Gasteiger partial charge on any atom is 0.300 e. The molecule has 1 aromatic heterocycles. The summed E-state index contributed by atoms with van der Waals surface area (Å²) in [5.74, 6) is -0.965.